The lowest BCUT2D eigenvalue weighted by Gasteiger charge is -2.00. The minimum atomic E-state index is 0.563. The van der Waals surface area contributed by atoms with Crippen LogP contribution in [0.3, 0.4) is 0 Å². The summed E-state index contributed by atoms with van der Waals surface area (Å²) in [4.78, 5) is 4.14. The van der Waals surface area contributed by atoms with E-state index in [4.69, 9.17) is 4.42 Å². The summed E-state index contributed by atoms with van der Waals surface area (Å²) in [6.45, 7) is 0. The summed E-state index contributed by atoms with van der Waals surface area (Å²) in [7, 11) is 0. The van der Waals surface area contributed by atoms with Gasteiger partial charge in [-0.1, -0.05) is 24.3 Å². The lowest BCUT2D eigenvalue weighted by atomic mass is 10.1. The van der Waals surface area contributed by atoms with Crippen LogP contribution in [0.5, 0.6) is 0 Å². The quantitative estimate of drug-likeness (QED) is 0.509. The van der Waals surface area contributed by atoms with Crippen molar-refractivity contribution in [2.24, 2.45) is 0 Å². The molecule has 0 unspecified atom stereocenters. The van der Waals surface area contributed by atoms with E-state index in [-0.39, 0.29) is 0 Å². The van der Waals surface area contributed by atoms with Gasteiger partial charge in [-0.2, -0.15) is 0 Å². The fourth-order valence-corrected chi connectivity index (χ4v) is 2.12. The van der Waals surface area contributed by atoms with Gasteiger partial charge in [-0.25, -0.2) is 4.98 Å². The molecule has 0 saturated carbocycles. The summed E-state index contributed by atoms with van der Waals surface area (Å²) in [5.41, 5.74) is 0.895. The van der Waals surface area contributed by atoms with Gasteiger partial charge in [0, 0.05) is 17.0 Å². The predicted molar refractivity (Wildman–Crippen MR) is 66.0 cm³/mol. The highest BCUT2D eigenvalue weighted by molar-refractivity contribution is 5.93. The van der Waals surface area contributed by atoms with Crippen molar-refractivity contribution >= 4 is 16.6 Å². The average molecular weight is 236 g/mol. The van der Waals surface area contributed by atoms with Crippen LogP contribution in [-0.4, -0.2) is 19.6 Å². The van der Waals surface area contributed by atoms with E-state index in [1.807, 2.05) is 34.7 Å². The van der Waals surface area contributed by atoms with E-state index in [9.17, 15) is 0 Å². The summed E-state index contributed by atoms with van der Waals surface area (Å²) in [6, 6.07) is 9.92. The molecule has 1 aromatic carbocycles. The number of aromatic nitrogens is 4. The highest BCUT2D eigenvalue weighted by Gasteiger charge is 2.12. The van der Waals surface area contributed by atoms with Crippen molar-refractivity contribution < 1.29 is 4.42 Å². The first-order valence-corrected chi connectivity index (χ1v) is 5.55. The summed E-state index contributed by atoms with van der Waals surface area (Å²) in [6.07, 6.45) is 5.09. The molecule has 0 N–H and O–H groups in total. The Labute approximate surface area is 102 Å². The molecule has 18 heavy (non-hydrogen) atoms. The molecule has 0 aliphatic carbocycles. The van der Waals surface area contributed by atoms with Gasteiger partial charge in [0.25, 0.3) is 5.78 Å². The standard InChI is InChI=1S/C13H8N4O/c1-2-4-10-9(3-1)7-18-12(10)11-5-6-14-13-16-15-8-17(11)13/h1-8H. The first-order chi connectivity index (χ1) is 8.93. The van der Waals surface area contributed by atoms with Crippen LogP contribution in [0, 0.1) is 0 Å². The minimum absolute atomic E-state index is 0.563. The first-order valence-electron chi connectivity index (χ1n) is 5.55. The average Bonchev–Trinajstić information content (AvgIpc) is 3.05. The van der Waals surface area contributed by atoms with Crippen LogP contribution in [-0.2, 0) is 0 Å². The maximum Gasteiger partial charge on any atom is 0.255 e. The summed E-state index contributed by atoms with van der Waals surface area (Å²) in [5, 5.41) is 9.93. The second kappa shape index (κ2) is 3.40. The van der Waals surface area contributed by atoms with Gasteiger partial charge in [0.15, 0.2) is 5.76 Å². The third kappa shape index (κ3) is 1.18. The zero-order valence-electron chi connectivity index (χ0n) is 9.32. The van der Waals surface area contributed by atoms with Crippen molar-refractivity contribution in [2.45, 2.75) is 0 Å². The molecule has 5 nitrogen and oxygen atoms in total. The number of benzene rings is 1. The fraction of sp³-hybridized carbons (Fsp3) is 0. The lowest BCUT2D eigenvalue weighted by molar-refractivity contribution is 0.583. The molecule has 0 fully saturated rings. The van der Waals surface area contributed by atoms with E-state index >= 15 is 0 Å². The molecule has 0 aliphatic rings. The zero-order valence-corrected chi connectivity index (χ0v) is 9.32. The van der Waals surface area contributed by atoms with E-state index in [2.05, 4.69) is 15.2 Å². The van der Waals surface area contributed by atoms with Crippen LogP contribution < -0.4 is 0 Å². The second-order valence-corrected chi connectivity index (χ2v) is 3.98. The Morgan fingerprint density at radius 1 is 1.11 bits per heavy atom. The highest BCUT2D eigenvalue weighted by Crippen LogP contribution is 2.29. The molecule has 0 aliphatic heterocycles. The predicted octanol–water partition coefficient (Wildman–Crippen LogP) is 2.54. The molecule has 0 atom stereocenters. The van der Waals surface area contributed by atoms with Crippen LogP contribution >= 0.6 is 0 Å². The molecule has 0 spiro atoms. The molecule has 86 valence electrons. The fourth-order valence-electron chi connectivity index (χ4n) is 2.12. The largest absolute Gasteiger partial charge is 0.461 e. The van der Waals surface area contributed by atoms with E-state index in [1.54, 1.807) is 18.8 Å². The molecule has 4 rings (SSSR count). The van der Waals surface area contributed by atoms with Crippen LogP contribution in [0.4, 0.5) is 0 Å². The smallest absolute Gasteiger partial charge is 0.255 e. The summed E-state index contributed by atoms with van der Waals surface area (Å²) in [5.74, 6) is 1.37. The monoisotopic (exact) mass is 236 g/mol. The summed E-state index contributed by atoms with van der Waals surface area (Å²) < 4.78 is 7.49. The summed E-state index contributed by atoms with van der Waals surface area (Å²) >= 11 is 0. The number of fused-ring (bicyclic) bond motifs is 2. The third-order valence-corrected chi connectivity index (χ3v) is 2.95. The Hall–Kier alpha value is -2.69. The normalized spacial score (nSPS) is 11.3. The molecular formula is C13H8N4O. The van der Waals surface area contributed by atoms with E-state index < -0.39 is 0 Å². The molecule has 3 aromatic heterocycles. The molecule has 0 bridgehead atoms. The number of rotatable bonds is 1. The van der Waals surface area contributed by atoms with Gasteiger partial charge in [0.2, 0.25) is 0 Å². The van der Waals surface area contributed by atoms with Crippen molar-refractivity contribution in [1.82, 2.24) is 19.6 Å². The molecule has 5 heteroatoms. The second-order valence-electron chi connectivity index (χ2n) is 3.98. The zero-order chi connectivity index (χ0) is 11.9. The number of hydrogen-bond acceptors (Lipinski definition) is 4. The Bertz CT molecular complexity index is 846. The minimum Gasteiger partial charge on any atom is -0.461 e. The number of nitrogens with zero attached hydrogens (tertiary/aromatic N) is 4. The third-order valence-electron chi connectivity index (χ3n) is 2.95. The molecule has 0 saturated heterocycles. The van der Waals surface area contributed by atoms with Gasteiger partial charge in [-0.3, -0.25) is 4.40 Å². The van der Waals surface area contributed by atoms with Crippen molar-refractivity contribution in [3.8, 4) is 11.5 Å². The number of hydrogen-bond donors (Lipinski definition) is 0. The van der Waals surface area contributed by atoms with Crippen LogP contribution in [0.25, 0.3) is 28.0 Å². The van der Waals surface area contributed by atoms with Gasteiger partial charge in [0.05, 0.1) is 12.0 Å². The molecule has 0 amide bonds. The molecule has 4 aromatic rings. The molecule has 3 heterocycles. The van der Waals surface area contributed by atoms with Gasteiger partial charge < -0.3 is 4.42 Å². The molecule has 0 radical (unpaired) electrons. The SMILES string of the molecule is c1ccc2c(-c3ccnc4nncn34)occ2c1. The van der Waals surface area contributed by atoms with E-state index in [1.165, 1.54) is 0 Å². The van der Waals surface area contributed by atoms with Gasteiger partial charge in [-0.15, -0.1) is 10.2 Å². The van der Waals surface area contributed by atoms with Crippen LogP contribution in [0.15, 0.2) is 53.5 Å². The van der Waals surface area contributed by atoms with Gasteiger partial charge in [-0.05, 0) is 6.07 Å². The van der Waals surface area contributed by atoms with Gasteiger partial charge in [0.1, 0.15) is 6.33 Å². The topological polar surface area (TPSA) is 56.2 Å². The van der Waals surface area contributed by atoms with E-state index in [0.717, 1.165) is 22.2 Å². The Morgan fingerprint density at radius 3 is 3.06 bits per heavy atom. The maximum atomic E-state index is 5.67. The lowest BCUT2D eigenvalue weighted by Crippen LogP contribution is -1.92. The first kappa shape index (κ1) is 9.35. The Balaban J connectivity index is 2.10. The van der Waals surface area contributed by atoms with Crippen molar-refractivity contribution in [2.75, 3.05) is 0 Å². The van der Waals surface area contributed by atoms with Crippen molar-refractivity contribution in [3.05, 3.63) is 49.1 Å². The van der Waals surface area contributed by atoms with E-state index in [0.29, 0.717) is 5.78 Å². The Morgan fingerprint density at radius 2 is 2.06 bits per heavy atom. The van der Waals surface area contributed by atoms with Crippen molar-refractivity contribution in [3.63, 3.8) is 0 Å². The van der Waals surface area contributed by atoms with Crippen LogP contribution in [0.2, 0.25) is 0 Å². The highest BCUT2D eigenvalue weighted by atomic mass is 16.3. The Kier molecular flexibility index (Phi) is 1.77. The maximum absolute atomic E-state index is 5.67. The molecular weight excluding hydrogens is 228 g/mol. The number of furan rings is 1. The van der Waals surface area contributed by atoms with Crippen LogP contribution in [0.1, 0.15) is 0 Å². The van der Waals surface area contributed by atoms with Crippen molar-refractivity contribution in [1.29, 1.82) is 0 Å². The van der Waals surface area contributed by atoms with Gasteiger partial charge >= 0.3 is 0 Å².